The van der Waals surface area contributed by atoms with Crippen LogP contribution in [-0.2, 0) is 9.63 Å². The number of hydroxylamine groups is 2. The molecule has 0 aliphatic carbocycles. The van der Waals surface area contributed by atoms with Crippen molar-refractivity contribution in [1.29, 1.82) is 0 Å². The summed E-state index contributed by atoms with van der Waals surface area (Å²) in [6.45, 7) is 0.634. The first-order valence-corrected chi connectivity index (χ1v) is 3.75. The second kappa shape index (κ2) is 6.12. The molecule has 0 saturated carbocycles. The topological polar surface area (TPSA) is 55.6 Å². The van der Waals surface area contributed by atoms with Crippen molar-refractivity contribution in [2.75, 3.05) is 20.6 Å². The number of hydrogen-bond donors (Lipinski definition) is 1. The monoisotopic (exact) mass is 160 g/mol. The van der Waals surface area contributed by atoms with Gasteiger partial charge in [0.15, 0.2) is 0 Å². The highest BCUT2D eigenvalue weighted by molar-refractivity contribution is 5.68. The van der Waals surface area contributed by atoms with Gasteiger partial charge >= 0.3 is 5.97 Å². The summed E-state index contributed by atoms with van der Waals surface area (Å²) < 4.78 is 0. The Hall–Kier alpha value is -0.610. The second-order valence-electron chi connectivity index (χ2n) is 2.52. The minimum Gasteiger partial charge on any atom is -0.369 e. The Bertz CT molecular complexity index is 115. The maximum absolute atomic E-state index is 10.8. The van der Waals surface area contributed by atoms with Gasteiger partial charge in [0, 0.05) is 20.5 Å². The molecule has 0 unspecified atom stereocenters. The van der Waals surface area contributed by atoms with E-state index in [2.05, 4.69) is 0 Å². The molecule has 0 aromatic heterocycles. The van der Waals surface area contributed by atoms with Crippen LogP contribution in [0.4, 0.5) is 0 Å². The van der Waals surface area contributed by atoms with Gasteiger partial charge < -0.3 is 10.6 Å². The maximum Gasteiger partial charge on any atom is 0.325 e. The smallest absolute Gasteiger partial charge is 0.325 e. The molecule has 0 heterocycles. The second-order valence-corrected chi connectivity index (χ2v) is 2.52. The van der Waals surface area contributed by atoms with E-state index in [1.807, 2.05) is 0 Å². The van der Waals surface area contributed by atoms with Gasteiger partial charge in [0.1, 0.15) is 0 Å². The average Bonchev–Trinajstić information content (AvgIpc) is 1.86. The largest absolute Gasteiger partial charge is 0.369 e. The molecule has 0 bridgehead atoms. The van der Waals surface area contributed by atoms with Crippen LogP contribution < -0.4 is 5.73 Å². The summed E-state index contributed by atoms with van der Waals surface area (Å²) in [5.74, 6) is -0.191. The van der Waals surface area contributed by atoms with Crippen LogP contribution in [0.5, 0.6) is 0 Å². The van der Waals surface area contributed by atoms with Crippen LogP contribution in [0.3, 0.4) is 0 Å². The van der Waals surface area contributed by atoms with Crippen LogP contribution in [0, 0.1) is 0 Å². The molecule has 0 amide bonds. The van der Waals surface area contributed by atoms with Gasteiger partial charge in [-0.05, 0) is 19.4 Å². The minimum absolute atomic E-state index is 0.191. The van der Waals surface area contributed by atoms with Gasteiger partial charge in [-0.15, -0.1) is 5.06 Å². The zero-order valence-electron chi connectivity index (χ0n) is 7.17. The van der Waals surface area contributed by atoms with E-state index in [4.69, 9.17) is 10.6 Å². The Balaban J connectivity index is 3.23. The standard InChI is InChI=1S/C7H16N2O2/c1-9(2)11-7(10)5-3-4-6-8/h3-6,8H2,1-2H3. The molecule has 0 aromatic carbocycles. The SMILES string of the molecule is CN(C)OC(=O)CCCCN. The molecule has 0 aliphatic heterocycles. The molecule has 2 N–H and O–H groups in total. The number of nitrogens with zero attached hydrogens (tertiary/aromatic N) is 1. The third-order valence-corrected chi connectivity index (χ3v) is 1.12. The predicted octanol–water partition coefficient (Wildman–Crippen LogP) is 0.135. The van der Waals surface area contributed by atoms with Gasteiger partial charge in [-0.2, -0.15) is 0 Å². The molecule has 0 fully saturated rings. The Kier molecular flexibility index (Phi) is 5.78. The Morgan fingerprint density at radius 2 is 2.09 bits per heavy atom. The molecule has 4 heteroatoms. The lowest BCUT2D eigenvalue weighted by Gasteiger charge is -2.08. The summed E-state index contributed by atoms with van der Waals surface area (Å²) in [4.78, 5) is 15.6. The van der Waals surface area contributed by atoms with Crippen LogP contribution >= 0.6 is 0 Å². The lowest BCUT2D eigenvalue weighted by molar-refractivity contribution is -0.178. The van der Waals surface area contributed by atoms with Crippen LogP contribution in [-0.4, -0.2) is 31.7 Å². The molecule has 4 nitrogen and oxygen atoms in total. The van der Waals surface area contributed by atoms with E-state index in [-0.39, 0.29) is 5.97 Å². The first kappa shape index (κ1) is 10.4. The Morgan fingerprint density at radius 3 is 2.55 bits per heavy atom. The summed E-state index contributed by atoms with van der Waals surface area (Å²) in [5.41, 5.74) is 5.25. The van der Waals surface area contributed by atoms with Gasteiger partial charge in [0.2, 0.25) is 0 Å². The van der Waals surface area contributed by atoms with Gasteiger partial charge in [-0.25, -0.2) is 0 Å². The van der Waals surface area contributed by atoms with E-state index < -0.39 is 0 Å². The summed E-state index contributed by atoms with van der Waals surface area (Å²) in [5, 5.41) is 1.39. The maximum atomic E-state index is 10.8. The van der Waals surface area contributed by atoms with Crippen molar-refractivity contribution in [2.24, 2.45) is 5.73 Å². The quantitative estimate of drug-likeness (QED) is 0.459. The highest BCUT2D eigenvalue weighted by Gasteiger charge is 2.02. The van der Waals surface area contributed by atoms with E-state index in [9.17, 15) is 4.79 Å². The number of carbonyl (C=O) groups excluding carboxylic acids is 1. The van der Waals surface area contributed by atoms with Gasteiger partial charge in [0.05, 0.1) is 0 Å². The van der Waals surface area contributed by atoms with Crippen molar-refractivity contribution in [3.63, 3.8) is 0 Å². The summed E-state index contributed by atoms with van der Waals surface area (Å²) >= 11 is 0. The molecule has 66 valence electrons. The van der Waals surface area contributed by atoms with Gasteiger partial charge in [-0.3, -0.25) is 4.79 Å². The fraction of sp³-hybridized carbons (Fsp3) is 0.857. The number of nitrogens with two attached hydrogens (primary N) is 1. The molecule has 11 heavy (non-hydrogen) atoms. The minimum atomic E-state index is -0.191. The normalized spacial score (nSPS) is 10.2. The van der Waals surface area contributed by atoms with E-state index in [1.165, 1.54) is 5.06 Å². The van der Waals surface area contributed by atoms with Gasteiger partial charge in [-0.1, -0.05) is 0 Å². The lowest BCUT2D eigenvalue weighted by Crippen LogP contribution is -2.18. The predicted molar refractivity (Wildman–Crippen MR) is 42.7 cm³/mol. The lowest BCUT2D eigenvalue weighted by atomic mass is 10.2. The first-order valence-electron chi connectivity index (χ1n) is 3.75. The van der Waals surface area contributed by atoms with Crippen molar-refractivity contribution < 1.29 is 9.63 Å². The van der Waals surface area contributed by atoms with Crippen molar-refractivity contribution >= 4 is 5.97 Å². The molecular formula is C7H16N2O2. The Labute approximate surface area is 67.3 Å². The summed E-state index contributed by atoms with van der Waals surface area (Å²) in [7, 11) is 3.36. The first-order chi connectivity index (χ1) is 5.16. The van der Waals surface area contributed by atoms with Gasteiger partial charge in [0.25, 0.3) is 0 Å². The van der Waals surface area contributed by atoms with E-state index in [0.29, 0.717) is 13.0 Å². The van der Waals surface area contributed by atoms with Crippen molar-refractivity contribution in [2.45, 2.75) is 19.3 Å². The average molecular weight is 160 g/mol. The van der Waals surface area contributed by atoms with Crippen molar-refractivity contribution in [3.8, 4) is 0 Å². The van der Waals surface area contributed by atoms with E-state index in [0.717, 1.165) is 12.8 Å². The molecule has 0 radical (unpaired) electrons. The van der Waals surface area contributed by atoms with Crippen molar-refractivity contribution in [3.05, 3.63) is 0 Å². The van der Waals surface area contributed by atoms with Crippen molar-refractivity contribution in [1.82, 2.24) is 5.06 Å². The number of hydrogen-bond acceptors (Lipinski definition) is 4. The number of unbranched alkanes of at least 4 members (excludes halogenated alkanes) is 1. The van der Waals surface area contributed by atoms with Crippen LogP contribution in [0.15, 0.2) is 0 Å². The highest BCUT2D eigenvalue weighted by atomic mass is 16.7. The number of rotatable bonds is 5. The molecule has 0 atom stereocenters. The number of carbonyl (C=O) groups is 1. The zero-order chi connectivity index (χ0) is 8.69. The zero-order valence-corrected chi connectivity index (χ0v) is 7.17. The molecule has 0 aromatic rings. The molecule has 0 saturated heterocycles. The fourth-order valence-corrected chi connectivity index (χ4v) is 0.663. The molecule has 0 rings (SSSR count). The van der Waals surface area contributed by atoms with Crippen LogP contribution in [0.2, 0.25) is 0 Å². The third kappa shape index (κ3) is 7.29. The third-order valence-electron chi connectivity index (χ3n) is 1.12. The molecular weight excluding hydrogens is 144 g/mol. The molecule has 0 spiro atoms. The Morgan fingerprint density at radius 1 is 1.45 bits per heavy atom. The van der Waals surface area contributed by atoms with E-state index >= 15 is 0 Å². The molecule has 0 aliphatic rings. The highest BCUT2D eigenvalue weighted by Crippen LogP contribution is 1.96. The van der Waals surface area contributed by atoms with E-state index in [1.54, 1.807) is 14.1 Å². The fourth-order valence-electron chi connectivity index (χ4n) is 0.663. The summed E-state index contributed by atoms with van der Waals surface area (Å²) in [6.07, 6.45) is 2.14. The van der Waals surface area contributed by atoms with Crippen LogP contribution in [0.1, 0.15) is 19.3 Å². The van der Waals surface area contributed by atoms with Crippen LogP contribution in [0.25, 0.3) is 0 Å². The summed E-state index contributed by atoms with van der Waals surface area (Å²) in [6, 6.07) is 0.